The van der Waals surface area contributed by atoms with Gasteiger partial charge in [-0.05, 0) is 38.0 Å². The van der Waals surface area contributed by atoms with Crippen molar-refractivity contribution < 1.29 is 9.59 Å². The maximum Gasteiger partial charge on any atom is 0.264 e. The number of piperidine rings is 1. The molecule has 9 heteroatoms. The van der Waals surface area contributed by atoms with Gasteiger partial charge in [-0.25, -0.2) is 9.97 Å². The third kappa shape index (κ3) is 3.62. The molecule has 0 saturated carbocycles. The molecule has 2 N–H and O–H groups in total. The van der Waals surface area contributed by atoms with Crippen molar-refractivity contribution in [3.05, 3.63) is 10.9 Å². The van der Waals surface area contributed by atoms with Crippen LogP contribution in [0, 0.1) is 5.92 Å². The molecule has 2 fully saturated rings. The van der Waals surface area contributed by atoms with Crippen LogP contribution in [-0.4, -0.2) is 59.1 Å². The number of primary amides is 1. The summed E-state index contributed by atoms with van der Waals surface area (Å²) < 4.78 is 0. The molecule has 4 heterocycles. The summed E-state index contributed by atoms with van der Waals surface area (Å²) in [5.41, 5.74) is 5.39. The molecule has 2 saturated heterocycles. The Morgan fingerprint density at radius 1 is 1.19 bits per heavy atom. The Hall–Kier alpha value is -1.87. The topological polar surface area (TPSA) is 92.4 Å². The Morgan fingerprint density at radius 2 is 1.89 bits per heavy atom. The van der Waals surface area contributed by atoms with Gasteiger partial charge in [-0.1, -0.05) is 11.8 Å². The van der Waals surface area contributed by atoms with Crippen molar-refractivity contribution in [1.29, 1.82) is 0 Å². The SMILES string of the molecule is CSc1nc(N2CCCC2)c2cc(C(=O)N3CCC(C(N)=O)CC3)sc2n1. The van der Waals surface area contributed by atoms with Crippen LogP contribution in [0.3, 0.4) is 0 Å². The Labute approximate surface area is 166 Å². The van der Waals surface area contributed by atoms with Crippen LogP contribution in [0.15, 0.2) is 11.2 Å². The zero-order valence-corrected chi connectivity index (χ0v) is 16.9. The predicted octanol–water partition coefficient (Wildman–Crippen LogP) is 2.35. The van der Waals surface area contributed by atoms with E-state index in [0.717, 1.165) is 34.3 Å². The Bertz CT molecular complexity index is 870. The van der Waals surface area contributed by atoms with Crippen LogP contribution in [-0.2, 0) is 4.79 Å². The summed E-state index contributed by atoms with van der Waals surface area (Å²) in [4.78, 5) is 39.3. The van der Waals surface area contributed by atoms with E-state index in [1.807, 2.05) is 17.2 Å². The normalized spacial score (nSPS) is 18.4. The number of amides is 2. The zero-order chi connectivity index (χ0) is 19.0. The van der Waals surface area contributed by atoms with Crippen LogP contribution in [0.5, 0.6) is 0 Å². The van der Waals surface area contributed by atoms with Gasteiger partial charge in [0.1, 0.15) is 10.6 Å². The highest BCUT2D eigenvalue weighted by molar-refractivity contribution is 7.98. The maximum absolute atomic E-state index is 13.0. The molecule has 2 aliphatic heterocycles. The molecule has 0 bridgehead atoms. The molecule has 0 spiro atoms. The summed E-state index contributed by atoms with van der Waals surface area (Å²) in [6.45, 7) is 3.14. The third-order valence-electron chi connectivity index (χ3n) is 5.34. The number of fused-ring (bicyclic) bond motifs is 1. The lowest BCUT2D eigenvalue weighted by molar-refractivity contribution is -0.123. The Morgan fingerprint density at radius 3 is 2.52 bits per heavy atom. The van der Waals surface area contributed by atoms with E-state index in [1.165, 1.54) is 35.9 Å². The van der Waals surface area contributed by atoms with Gasteiger partial charge >= 0.3 is 0 Å². The van der Waals surface area contributed by atoms with Gasteiger partial charge in [0.2, 0.25) is 5.91 Å². The molecule has 2 aromatic rings. The Kier molecular flexibility index (Phi) is 5.23. The molecule has 2 amide bonds. The van der Waals surface area contributed by atoms with Crippen molar-refractivity contribution in [2.45, 2.75) is 30.8 Å². The summed E-state index contributed by atoms with van der Waals surface area (Å²) >= 11 is 2.96. The highest BCUT2D eigenvalue weighted by Gasteiger charge is 2.28. The number of rotatable bonds is 4. The molecule has 0 unspecified atom stereocenters. The highest BCUT2D eigenvalue weighted by atomic mass is 32.2. The molecule has 2 aromatic heterocycles. The molecule has 144 valence electrons. The molecule has 27 heavy (non-hydrogen) atoms. The number of thioether (sulfide) groups is 1. The first kappa shape index (κ1) is 18.5. The molecule has 4 rings (SSSR count). The van der Waals surface area contributed by atoms with Crippen LogP contribution in [0.25, 0.3) is 10.2 Å². The average Bonchev–Trinajstić information content (AvgIpc) is 3.36. The van der Waals surface area contributed by atoms with E-state index >= 15 is 0 Å². The van der Waals surface area contributed by atoms with Crippen molar-refractivity contribution in [2.24, 2.45) is 11.7 Å². The van der Waals surface area contributed by atoms with Crippen LogP contribution in [0.1, 0.15) is 35.4 Å². The molecule has 0 aliphatic carbocycles. The standard InChI is InChI=1S/C18H23N5O2S2/c1-26-18-20-15(22-6-2-3-7-22)12-10-13(27-16(12)21-18)17(25)23-8-4-11(5-9-23)14(19)24/h10-11H,2-9H2,1H3,(H2,19,24). The number of hydrogen-bond acceptors (Lipinski definition) is 7. The second-order valence-corrected chi connectivity index (χ2v) is 8.83. The van der Waals surface area contributed by atoms with Gasteiger partial charge in [0.15, 0.2) is 5.16 Å². The minimum atomic E-state index is -0.265. The Balaban J connectivity index is 1.62. The van der Waals surface area contributed by atoms with Gasteiger partial charge in [-0.3, -0.25) is 9.59 Å². The third-order valence-corrected chi connectivity index (χ3v) is 6.90. The van der Waals surface area contributed by atoms with E-state index < -0.39 is 0 Å². The molecule has 0 aromatic carbocycles. The van der Waals surface area contributed by atoms with Crippen LogP contribution < -0.4 is 10.6 Å². The molecular weight excluding hydrogens is 382 g/mol. The minimum Gasteiger partial charge on any atom is -0.369 e. The van der Waals surface area contributed by atoms with Crippen molar-refractivity contribution in [3.63, 3.8) is 0 Å². The van der Waals surface area contributed by atoms with Crippen molar-refractivity contribution >= 4 is 50.9 Å². The smallest absolute Gasteiger partial charge is 0.264 e. The van der Waals surface area contributed by atoms with E-state index in [0.29, 0.717) is 30.8 Å². The quantitative estimate of drug-likeness (QED) is 0.620. The first-order valence-corrected chi connectivity index (χ1v) is 11.3. The van der Waals surface area contributed by atoms with Crippen molar-refractivity contribution in [1.82, 2.24) is 14.9 Å². The number of nitrogens with zero attached hydrogens (tertiary/aromatic N) is 4. The number of nitrogens with two attached hydrogens (primary N) is 1. The van der Waals surface area contributed by atoms with Crippen LogP contribution in [0.2, 0.25) is 0 Å². The highest BCUT2D eigenvalue weighted by Crippen LogP contribution is 2.35. The van der Waals surface area contributed by atoms with Crippen molar-refractivity contribution in [3.8, 4) is 0 Å². The summed E-state index contributed by atoms with van der Waals surface area (Å²) in [6.07, 6.45) is 5.59. The largest absolute Gasteiger partial charge is 0.369 e. The predicted molar refractivity (Wildman–Crippen MR) is 108 cm³/mol. The molecule has 2 aliphatic rings. The molecule has 0 atom stereocenters. The fourth-order valence-corrected chi connectivity index (χ4v) is 5.19. The van der Waals surface area contributed by atoms with Crippen molar-refractivity contribution in [2.75, 3.05) is 37.3 Å². The number of anilines is 1. The fraction of sp³-hybridized carbons (Fsp3) is 0.556. The van der Waals surface area contributed by atoms with E-state index in [2.05, 4.69) is 9.88 Å². The van der Waals surface area contributed by atoms with Gasteiger partial charge in [0.05, 0.1) is 10.3 Å². The summed E-state index contributed by atoms with van der Waals surface area (Å²) in [7, 11) is 0. The summed E-state index contributed by atoms with van der Waals surface area (Å²) in [5.74, 6) is 0.580. The van der Waals surface area contributed by atoms with Gasteiger partial charge in [0, 0.05) is 32.1 Å². The molecule has 0 radical (unpaired) electrons. The van der Waals surface area contributed by atoms with E-state index in [4.69, 9.17) is 10.7 Å². The van der Waals surface area contributed by atoms with E-state index in [1.54, 1.807) is 0 Å². The molecular formula is C18H23N5O2S2. The number of likely N-dealkylation sites (tertiary alicyclic amines) is 1. The van der Waals surface area contributed by atoms with E-state index in [9.17, 15) is 9.59 Å². The maximum atomic E-state index is 13.0. The number of hydrogen-bond donors (Lipinski definition) is 1. The van der Waals surface area contributed by atoms with Gasteiger partial charge in [-0.15, -0.1) is 11.3 Å². The monoisotopic (exact) mass is 405 g/mol. The van der Waals surface area contributed by atoms with Gasteiger partial charge in [-0.2, -0.15) is 0 Å². The second kappa shape index (κ2) is 7.63. The van der Waals surface area contributed by atoms with Crippen LogP contribution in [0.4, 0.5) is 5.82 Å². The summed E-state index contributed by atoms with van der Waals surface area (Å²) in [6, 6.07) is 1.94. The van der Waals surface area contributed by atoms with E-state index in [-0.39, 0.29) is 17.7 Å². The number of aromatic nitrogens is 2. The lowest BCUT2D eigenvalue weighted by atomic mass is 9.96. The lowest BCUT2D eigenvalue weighted by Crippen LogP contribution is -2.41. The minimum absolute atomic E-state index is 0.0130. The lowest BCUT2D eigenvalue weighted by Gasteiger charge is -2.30. The first-order chi connectivity index (χ1) is 13.1. The second-order valence-electron chi connectivity index (χ2n) is 7.03. The van der Waals surface area contributed by atoms with Crippen LogP contribution >= 0.6 is 23.1 Å². The number of carbonyl (C=O) groups excluding carboxylic acids is 2. The number of thiophene rings is 1. The summed E-state index contributed by atoms with van der Waals surface area (Å²) in [5, 5.41) is 1.71. The van der Waals surface area contributed by atoms with Gasteiger partial charge < -0.3 is 15.5 Å². The first-order valence-electron chi connectivity index (χ1n) is 9.26. The number of carbonyl (C=O) groups is 2. The average molecular weight is 406 g/mol. The molecule has 7 nitrogen and oxygen atoms in total. The van der Waals surface area contributed by atoms with Gasteiger partial charge in [0.25, 0.3) is 5.91 Å². The zero-order valence-electron chi connectivity index (χ0n) is 15.3. The fourth-order valence-electron chi connectivity index (χ4n) is 3.78.